The summed E-state index contributed by atoms with van der Waals surface area (Å²) in [7, 11) is 0. The van der Waals surface area contributed by atoms with Crippen molar-refractivity contribution < 1.29 is 9.59 Å². The fourth-order valence-corrected chi connectivity index (χ4v) is 4.45. The topological polar surface area (TPSA) is 78.4 Å². The minimum atomic E-state index is 0.00934. The summed E-state index contributed by atoms with van der Waals surface area (Å²) in [4.78, 5) is 37.9. The van der Waals surface area contributed by atoms with E-state index in [0.29, 0.717) is 18.0 Å². The van der Waals surface area contributed by atoms with E-state index in [1.807, 2.05) is 21.9 Å². The van der Waals surface area contributed by atoms with Crippen LogP contribution in [0.5, 0.6) is 0 Å². The lowest BCUT2D eigenvalue weighted by Crippen LogP contribution is -2.57. The highest BCUT2D eigenvalue weighted by Gasteiger charge is 2.32. The zero-order valence-corrected chi connectivity index (χ0v) is 15.2. The summed E-state index contributed by atoms with van der Waals surface area (Å²) in [5.41, 5.74) is 0.965. The number of hydrogen-bond acceptors (Lipinski definition) is 6. The molecule has 0 spiro atoms. The van der Waals surface area contributed by atoms with Crippen molar-refractivity contribution in [1.29, 1.82) is 0 Å². The van der Waals surface area contributed by atoms with Crippen LogP contribution in [0, 0.1) is 0 Å². The highest BCUT2D eigenvalue weighted by molar-refractivity contribution is 7.16. The van der Waals surface area contributed by atoms with Crippen molar-refractivity contribution in [2.45, 2.75) is 18.9 Å². The van der Waals surface area contributed by atoms with Gasteiger partial charge in [0.15, 0.2) is 0 Å². The number of piperazine rings is 1. The van der Waals surface area contributed by atoms with Crippen LogP contribution in [0.2, 0.25) is 0 Å². The van der Waals surface area contributed by atoms with Gasteiger partial charge in [0.1, 0.15) is 9.88 Å². The standard InChI is InChI=1S/C18H21N5O2S/c24-16-11-20-7-9-23(16)14-2-1-8-22(12-14)18(25)15-10-21-17(26-15)13-3-5-19-6-4-13/h3-6,10,14,20H,1-2,7-9,11-12H2. The number of pyridine rings is 1. The van der Waals surface area contributed by atoms with E-state index in [1.54, 1.807) is 18.6 Å². The molecular weight excluding hydrogens is 350 g/mol. The Morgan fingerprint density at radius 2 is 2.12 bits per heavy atom. The maximum Gasteiger partial charge on any atom is 0.265 e. The number of likely N-dealkylation sites (tertiary alicyclic amines) is 1. The first-order chi connectivity index (χ1) is 12.7. The van der Waals surface area contributed by atoms with Gasteiger partial charge in [0.25, 0.3) is 5.91 Å². The van der Waals surface area contributed by atoms with Gasteiger partial charge < -0.3 is 15.1 Å². The molecule has 2 amide bonds. The fourth-order valence-electron chi connectivity index (χ4n) is 3.56. The number of piperidine rings is 1. The molecule has 2 fully saturated rings. The first-order valence-corrected chi connectivity index (χ1v) is 9.70. The molecule has 0 bridgehead atoms. The summed E-state index contributed by atoms with van der Waals surface area (Å²) in [5, 5.41) is 3.92. The summed E-state index contributed by atoms with van der Waals surface area (Å²) in [6, 6.07) is 3.90. The summed E-state index contributed by atoms with van der Waals surface area (Å²) >= 11 is 1.40. The van der Waals surface area contributed by atoms with E-state index in [-0.39, 0.29) is 17.9 Å². The Labute approximate surface area is 156 Å². The van der Waals surface area contributed by atoms with E-state index in [4.69, 9.17) is 0 Å². The Hall–Kier alpha value is -2.32. The van der Waals surface area contributed by atoms with Crippen molar-refractivity contribution in [3.63, 3.8) is 0 Å². The molecule has 4 rings (SSSR count). The van der Waals surface area contributed by atoms with E-state index >= 15 is 0 Å². The van der Waals surface area contributed by atoms with Crippen LogP contribution in [-0.2, 0) is 4.79 Å². The van der Waals surface area contributed by atoms with E-state index in [0.717, 1.165) is 43.0 Å². The number of carbonyl (C=O) groups is 2. The molecule has 2 aromatic rings. The number of amides is 2. The number of rotatable bonds is 3. The fraction of sp³-hybridized carbons (Fsp3) is 0.444. The van der Waals surface area contributed by atoms with E-state index in [9.17, 15) is 9.59 Å². The highest BCUT2D eigenvalue weighted by Crippen LogP contribution is 2.26. The van der Waals surface area contributed by atoms with Crippen molar-refractivity contribution in [1.82, 2.24) is 25.1 Å². The quantitative estimate of drug-likeness (QED) is 0.878. The molecule has 8 heteroatoms. The Morgan fingerprint density at radius 1 is 1.27 bits per heavy atom. The smallest absolute Gasteiger partial charge is 0.265 e. The Bertz CT molecular complexity index is 794. The first-order valence-electron chi connectivity index (χ1n) is 8.88. The van der Waals surface area contributed by atoms with E-state index in [2.05, 4.69) is 15.3 Å². The summed E-state index contributed by atoms with van der Waals surface area (Å²) in [5.74, 6) is 0.142. The molecule has 2 aliphatic heterocycles. The Kier molecular flexibility index (Phi) is 4.94. The van der Waals surface area contributed by atoms with Crippen molar-refractivity contribution in [3.8, 4) is 10.6 Å². The maximum absolute atomic E-state index is 12.9. The molecule has 0 aromatic carbocycles. The van der Waals surface area contributed by atoms with Crippen molar-refractivity contribution >= 4 is 23.2 Å². The van der Waals surface area contributed by atoms with Crippen molar-refractivity contribution in [2.75, 3.05) is 32.7 Å². The molecule has 1 unspecified atom stereocenters. The van der Waals surface area contributed by atoms with Crippen molar-refractivity contribution in [2.24, 2.45) is 0 Å². The monoisotopic (exact) mass is 371 g/mol. The van der Waals surface area contributed by atoms with Crippen LogP contribution in [0.1, 0.15) is 22.5 Å². The third-order valence-electron chi connectivity index (χ3n) is 4.89. The van der Waals surface area contributed by atoms with Gasteiger partial charge >= 0.3 is 0 Å². The molecule has 7 nitrogen and oxygen atoms in total. The van der Waals surface area contributed by atoms with Crippen molar-refractivity contribution in [3.05, 3.63) is 35.6 Å². The van der Waals surface area contributed by atoms with Crippen LogP contribution >= 0.6 is 11.3 Å². The second-order valence-electron chi connectivity index (χ2n) is 6.58. The van der Waals surface area contributed by atoms with Crippen LogP contribution < -0.4 is 5.32 Å². The lowest BCUT2D eigenvalue weighted by molar-refractivity contribution is -0.135. The zero-order chi connectivity index (χ0) is 17.9. The predicted octanol–water partition coefficient (Wildman–Crippen LogP) is 1.24. The Morgan fingerprint density at radius 3 is 2.92 bits per heavy atom. The molecule has 2 aromatic heterocycles. The van der Waals surface area contributed by atoms with Gasteiger partial charge in [-0.3, -0.25) is 14.6 Å². The predicted molar refractivity (Wildman–Crippen MR) is 98.9 cm³/mol. The average molecular weight is 371 g/mol. The second-order valence-corrected chi connectivity index (χ2v) is 7.61. The third kappa shape index (κ3) is 3.47. The first kappa shape index (κ1) is 17.1. The van der Waals surface area contributed by atoms with Gasteiger partial charge in [0.05, 0.1) is 12.7 Å². The minimum Gasteiger partial charge on any atom is -0.336 e. The van der Waals surface area contributed by atoms with Crippen LogP contribution in [0.15, 0.2) is 30.7 Å². The molecule has 136 valence electrons. The van der Waals surface area contributed by atoms with Crippen LogP contribution in [-0.4, -0.2) is 70.3 Å². The zero-order valence-electron chi connectivity index (χ0n) is 14.4. The summed E-state index contributed by atoms with van der Waals surface area (Å²) in [6.45, 7) is 3.28. The van der Waals surface area contributed by atoms with Crippen LogP contribution in [0.4, 0.5) is 0 Å². The van der Waals surface area contributed by atoms with Crippen LogP contribution in [0.25, 0.3) is 10.6 Å². The molecule has 0 saturated carbocycles. The maximum atomic E-state index is 12.9. The Balaban J connectivity index is 1.46. The van der Waals surface area contributed by atoms with Gasteiger partial charge in [-0.15, -0.1) is 11.3 Å². The number of hydrogen-bond donors (Lipinski definition) is 1. The van der Waals surface area contributed by atoms with Gasteiger partial charge in [-0.1, -0.05) is 0 Å². The minimum absolute atomic E-state index is 0.00934. The van der Waals surface area contributed by atoms with E-state index in [1.165, 1.54) is 11.3 Å². The third-order valence-corrected chi connectivity index (χ3v) is 5.93. The molecule has 26 heavy (non-hydrogen) atoms. The molecular formula is C18H21N5O2S. The molecule has 1 atom stereocenters. The molecule has 2 aliphatic rings. The number of aromatic nitrogens is 2. The second kappa shape index (κ2) is 7.51. The van der Waals surface area contributed by atoms with Crippen LogP contribution in [0.3, 0.4) is 0 Å². The number of thiazole rings is 1. The molecule has 1 N–H and O–H groups in total. The number of nitrogens with zero attached hydrogens (tertiary/aromatic N) is 4. The molecule has 0 radical (unpaired) electrons. The summed E-state index contributed by atoms with van der Waals surface area (Å²) in [6.07, 6.45) is 6.97. The van der Waals surface area contributed by atoms with Gasteiger partial charge in [-0.25, -0.2) is 4.98 Å². The number of nitrogens with one attached hydrogen (secondary N) is 1. The average Bonchev–Trinajstić information content (AvgIpc) is 3.19. The lowest BCUT2D eigenvalue weighted by atomic mass is 10.0. The summed E-state index contributed by atoms with van der Waals surface area (Å²) < 4.78 is 0. The lowest BCUT2D eigenvalue weighted by Gasteiger charge is -2.41. The number of carbonyl (C=O) groups excluding carboxylic acids is 2. The van der Waals surface area contributed by atoms with Gasteiger partial charge in [-0.05, 0) is 25.0 Å². The van der Waals surface area contributed by atoms with Gasteiger partial charge in [0.2, 0.25) is 5.91 Å². The van der Waals surface area contributed by atoms with E-state index < -0.39 is 0 Å². The van der Waals surface area contributed by atoms with Gasteiger partial charge in [-0.2, -0.15) is 0 Å². The molecule has 4 heterocycles. The SMILES string of the molecule is O=C(c1cnc(-c2ccncc2)s1)N1CCCC(N2CCNCC2=O)C1. The molecule has 0 aliphatic carbocycles. The normalized spacial score (nSPS) is 21.1. The highest BCUT2D eigenvalue weighted by atomic mass is 32.1. The largest absolute Gasteiger partial charge is 0.336 e. The van der Waals surface area contributed by atoms with Gasteiger partial charge in [0, 0.05) is 50.2 Å². The molecule has 2 saturated heterocycles.